The van der Waals surface area contributed by atoms with E-state index in [1.807, 2.05) is 0 Å². The lowest BCUT2D eigenvalue weighted by Crippen LogP contribution is -2.35. The van der Waals surface area contributed by atoms with Gasteiger partial charge in [0.2, 0.25) is 5.43 Å². The molecule has 104 valence electrons. The Labute approximate surface area is 115 Å². The Morgan fingerprint density at radius 2 is 2.00 bits per heavy atom. The number of rotatable bonds is 3. The first kappa shape index (κ1) is 13.8. The van der Waals surface area contributed by atoms with E-state index in [1.165, 1.54) is 20.4 Å². The van der Waals surface area contributed by atoms with Crippen LogP contribution in [-0.4, -0.2) is 42.5 Å². The van der Waals surface area contributed by atoms with Crippen LogP contribution in [0.3, 0.4) is 0 Å². The van der Waals surface area contributed by atoms with Crippen molar-refractivity contribution in [1.82, 2.24) is 9.88 Å². The summed E-state index contributed by atoms with van der Waals surface area (Å²) in [5.41, 5.74) is 0.292. The summed E-state index contributed by atoms with van der Waals surface area (Å²) in [6.45, 7) is -0.207. The number of benzene rings is 1. The minimum atomic E-state index is -0.543. The number of nitrogens with zero attached hydrogens (tertiary/aromatic N) is 1. The van der Waals surface area contributed by atoms with Crippen LogP contribution >= 0.6 is 0 Å². The van der Waals surface area contributed by atoms with Crippen LogP contribution in [-0.2, 0) is 9.53 Å². The number of likely N-dealkylation sites (N-methyl/N-ethyl adjacent to an activating group) is 1. The summed E-state index contributed by atoms with van der Waals surface area (Å²) in [4.78, 5) is 39.6. The van der Waals surface area contributed by atoms with Crippen molar-refractivity contribution >= 4 is 22.8 Å². The molecule has 2 aromatic rings. The molecule has 1 N–H and O–H groups in total. The molecular formula is C14H14N2O4. The standard InChI is InChI=1S/C14H14N2O4/c1-16(8-12(17)20-2)14(19)10-7-15-11-6-4-3-5-9(11)13(10)18/h3-7H,8H2,1-2H3,(H,15,18). The third-order valence-corrected chi connectivity index (χ3v) is 2.96. The third-order valence-electron chi connectivity index (χ3n) is 2.96. The average molecular weight is 274 g/mol. The zero-order chi connectivity index (χ0) is 14.7. The van der Waals surface area contributed by atoms with Crippen LogP contribution in [0.2, 0.25) is 0 Å². The van der Waals surface area contributed by atoms with Gasteiger partial charge in [-0.1, -0.05) is 12.1 Å². The minimum Gasteiger partial charge on any atom is -0.468 e. The Kier molecular flexibility index (Phi) is 3.84. The number of ether oxygens (including phenoxy) is 1. The highest BCUT2D eigenvalue weighted by molar-refractivity contribution is 5.98. The Balaban J connectivity index is 2.38. The Bertz CT molecular complexity index is 720. The number of pyridine rings is 1. The highest BCUT2D eigenvalue weighted by Crippen LogP contribution is 2.08. The number of H-pyrrole nitrogens is 1. The first-order chi connectivity index (χ1) is 9.54. The van der Waals surface area contributed by atoms with Crippen LogP contribution in [0.25, 0.3) is 10.9 Å². The molecule has 6 nitrogen and oxygen atoms in total. The Morgan fingerprint density at radius 1 is 1.30 bits per heavy atom. The molecule has 1 heterocycles. The topological polar surface area (TPSA) is 79.5 Å². The van der Waals surface area contributed by atoms with Gasteiger partial charge in [0.15, 0.2) is 0 Å². The summed E-state index contributed by atoms with van der Waals surface area (Å²) in [5.74, 6) is -1.07. The summed E-state index contributed by atoms with van der Waals surface area (Å²) < 4.78 is 4.49. The van der Waals surface area contributed by atoms with Crippen LogP contribution in [0.4, 0.5) is 0 Å². The predicted molar refractivity (Wildman–Crippen MR) is 73.5 cm³/mol. The Hall–Kier alpha value is -2.63. The predicted octanol–water partition coefficient (Wildman–Crippen LogP) is 0.773. The number of hydrogen-bond donors (Lipinski definition) is 1. The van der Waals surface area contributed by atoms with Crippen molar-refractivity contribution in [2.45, 2.75) is 0 Å². The molecule has 0 radical (unpaired) electrons. The molecule has 0 aliphatic rings. The van der Waals surface area contributed by atoms with Gasteiger partial charge in [0.25, 0.3) is 5.91 Å². The number of amides is 1. The highest BCUT2D eigenvalue weighted by Gasteiger charge is 2.19. The van der Waals surface area contributed by atoms with Gasteiger partial charge in [-0.3, -0.25) is 14.4 Å². The number of aromatic nitrogens is 1. The molecule has 1 aromatic carbocycles. The summed E-state index contributed by atoms with van der Waals surface area (Å²) in [7, 11) is 2.68. The van der Waals surface area contributed by atoms with Crippen LogP contribution in [0.5, 0.6) is 0 Å². The molecule has 0 saturated carbocycles. The van der Waals surface area contributed by atoms with E-state index in [-0.39, 0.29) is 17.5 Å². The molecule has 20 heavy (non-hydrogen) atoms. The molecule has 0 spiro atoms. The fourth-order valence-electron chi connectivity index (χ4n) is 1.86. The van der Waals surface area contributed by atoms with Gasteiger partial charge < -0.3 is 14.6 Å². The number of carbonyl (C=O) groups is 2. The maximum absolute atomic E-state index is 12.2. The van der Waals surface area contributed by atoms with Gasteiger partial charge in [-0.25, -0.2) is 0 Å². The van der Waals surface area contributed by atoms with Crippen molar-refractivity contribution in [3.05, 3.63) is 46.2 Å². The first-order valence-electron chi connectivity index (χ1n) is 5.97. The molecule has 0 unspecified atom stereocenters. The van der Waals surface area contributed by atoms with Crippen molar-refractivity contribution in [3.8, 4) is 0 Å². The number of carbonyl (C=O) groups excluding carboxylic acids is 2. The molecule has 0 saturated heterocycles. The number of aromatic amines is 1. The number of esters is 1. The lowest BCUT2D eigenvalue weighted by Gasteiger charge is -2.15. The molecule has 0 aliphatic carbocycles. The number of nitrogens with one attached hydrogen (secondary N) is 1. The fraction of sp³-hybridized carbons (Fsp3) is 0.214. The van der Waals surface area contributed by atoms with Gasteiger partial charge in [0, 0.05) is 24.1 Å². The summed E-state index contributed by atoms with van der Waals surface area (Å²) in [6, 6.07) is 6.92. The SMILES string of the molecule is COC(=O)CN(C)C(=O)c1c[nH]c2ccccc2c1=O. The number of para-hydroxylation sites is 1. The van der Waals surface area contributed by atoms with E-state index < -0.39 is 11.9 Å². The largest absolute Gasteiger partial charge is 0.468 e. The summed E-state index contributed by atoms with van der Waals surface area (Å²) >= 11 is 0. The number of hydrogen-bond acceptors (Lipinski definition) is 4. The van der Waals surface area contributed by atoms with Gasteiger partial charge in [0.05, 0.1) is 7.11 Å². The second-order valence-corrected chi connectivity index (χ2v) is 4.31. The third kappa shape index (κ3) is 2.54. The van der Waals surface area contributed by atoms with Crippen molar-refractivity contribution in [3.63, 3.8) is 0 Å². The fourth-order valence-corrected chi connectivity index (χ4v) is 1.86. The van der Waals surface area contributed by atoms with Crippen LogP contribution in [0, 0.1) is 0 Å². The van der Waals surface area contributed by atoms with E-state index in [0.717, 1.165) is 4.90 Å². The van der Waals surface area contributed by atoms with Crippen molar-refractivity contribution < 1.29 is 14.3 Å². The molecule has 6 heteroatoms. The van der Waals surface area contributed by atoms with Crippen molar-refractivity contribution in [1.29, 1.82) is 0 Å². The van der Waals surface area contributed by atoms with E-state index in [9.17, 15) is 14.4 Å². The normalized spacial score (nSPS) is 10.3. The monoisotopic (exact) mass is 274 g/mol. The highest BCUT2D eigenvalue weighted by atomic mass is 16.5. The van der Waals surface area contributed by atoms with Crippen molar-refractivity contribution in [2.24, 2.45) is 0 Å². The average Bonchev–Trinajstić information content (AvgIpc) is 2.47. The molecule has 1 aromatic heterocycles. The number of methoxy groups -OCH3 is 1. The zero-order valence-corrected chi connectivity index (χ0v) is 11.2. The molecule has 0 bridgehead atoms. The van der Waals surface area contributed by atoms with Gasteiger partial charge in [-0.05, 0) is 12.1 Å². The number of fused-ring (bicyclic) bond motifs is 1. The lowest BCUT2D eigenvalue weighted by molar-refractivity contribution is -0.141. The van der Waals surface area contributed by atoms with Crippen molar-refractivity contribution in [2.75, 3.05) is 20.7 Å². The lowest BCUT2D eigenvalue weighted by atomic mass is 10.1. The van der Waals surface area contributed by atoms with E-state index in [1.54, 1.807) is 24.3 Å². The van der Waals surface area contributed by atoms with Gasteiger partial charge in [-0.15, -0.1) is 0 Å². The Morgan fingerprint density at radius 3 is 2.70 bits per heavy atom. The minimum absolute atomic E-state index is 0.00453. The maximum Gasteiger partial charge on any atom is 0.325 e. The quantitative estimate of drug-likeness (QED) is 0.838. The van der Waals surface area contributed by atoms with Crippen LogP contribution in [0.15, 0.2) is 35.3 Å². The summed E-state index contributed by atoms with van der Waals surface area (Å²) in [5, 5.41) is 0.435. The van der Waals surface area contributed by atoms with Crippen LogP contribution in [0.1, 0.15) is 10.4 Å². The molecule has 0 atom stereocenters. The van der Waals surface area contributed by atoms with Gasteiger partial charge in [-0.2, -0.15) is 0 Å². The first-order valence-corrected chi connectivity index (χ1v) is 5.97. The second-order valence-electron chi connectivity index (χ2n) is 4.31. The molecule has 0 aliphatic heterocycles. The zero-order valence-electron chi connectivity index (χ0n) is 11.2. The summed E-state index contributed by atoms with van der Waals surface area (Å²) in [6.07, 6.45) is 1.36. The molecule has 1 amide bonds. The van der Waals surface area contributed by atoms with E-state index in [2.05, 4.69) is 9.72 Å². The van der Waals surface area contributed by atoms with E-state index in [0.29, 0.717) is 10.9 Å². The molecule has 0 fully saturated rings. The van der Waals surface area contributed by atoms with Crippen LogP contribution < -0.4 is 5.43 Å². The second kappa shape index (κ2) is 5.56. The van der Waals surface area contributed by atoms with Gasteiger partial charge >= 0.3 is 5.97 Å². The van der Waals surface area contributed by atoms with E-state index >= 15 is 0 Å². The van der Waals surface area contributed by atoms with Gasteiger partial charge in [0.1, 0.15) is 12.1 Å². The smallest absolute Gasteiger partial charge is 0.325 e. The molecular weight excluding hydrogens is 260 g/mol. The van der Waals surface area contributed by atoms with E-state index in [4.69, 9.17) is 0 Å². The maximum atomic E-state index is 12.2. The molecule has 2 rings (SSSR count).